The van der Waals surface area contributed by atoms with Crippen LogP contribution >= 0.6 is 0 Å². The summed E-state index contributed by atoms with van der Waals surface area (Å²) in [5, 5.41) is 3.28. The molecule has 176 valence electrons. The molecule has 2 aliphatic rings. The minimum absolute atomic E-state index is 0.0535. The maximum atomic E-state index is 13.0. The van der Waals surface area contributed by atoms with Gasteiger partial charge in [-0.25, -0.2) is 0 Å². The van der Waals surface area contributed by atoms with E-state index in [2.05, 4.69) is 5.32 Å². The van der Waals surface area contributed by atoms with Crippen LogP contribution in [-0.2, 0) is 20.9 Å². The minimum atomic E-state index is -0.732. The second-order valence-electron chi connectivity index (χ2n) is 8.22. The number of para-hydroxylation sites is 3. The molecule has 34 heavy (non-hydrogen) atoms. The van der Waals surface area contributed by atoms with Crippen LogP contribution in [0.25, 0.3) is 10.9 Å². The number of carbonyl (C=O) groups excluding carboxylic acids is 3. The topological polar surface area (TPSA) is 99.1 Å². The Morgan fingerprint density at radius 1 is 0.971 bits per heavy atom. The fourth-order valence-electron chi connectivity index (χ4n) is 4.19. The third-order valence-electron chi connectivity index (χ3n) is 5.97. The Morgan fingerprint density at radius 2 is 1.71 bits per heavy atom. The maximum absolute atomic E-state index is 13.0. The summed E-state index contributed by atoms with van der Waals surface area (Å²) in [5.74, 6) is -0.189. The Kier molecular flexibility index (Phi) is 6.18. The van der Waals surface area contributed by atoms with Gasteiger partial charge in [-0.1, -0.05) is 30.3 Å². The van der Waals surface area contributed by atoms with Crippen LogP contribution in [0.1, 0.15) is 10.4 Å². The largest absolute Gasteiger partial charge is 0.486 e. The normalized spacial score (nSPS) is 17.4. The Balaban J connectivity index is 1.27. The van der Waals surface area contributed by atoms with Gasteiger partial charge in [-0.3, -0.25) is 14.4 Å². The summed E-state index contributed by atoms with van der Waals surface area (Å²) in [7, 11) is 0. The van der Waals surface area contributed by atoms with E-state index in [1.165, 1.54) is 0 Å². The SMILES string of the molecule is O=C(NCC1COc2ccccc2O1)C(=O)c1cn(CC(=O)N2CCOCC2)c2ccccc12. The van der Waals surface area contributed by atoms with E-state index in [0.29, 0.717) is 43.2 Å². The molecule has 2 aromatic carbocycles. The Labute approximate surface area is 196 Å². The Bertz CT molecular complexity index is 1230. The highest BCUT2D eigenvalue weighted by molar-refractivity contribution is 6.45. The van der Waals surface area contributed by atoms with E-state index in [9.17, 15) is 14.4 Å². The van der Waals surface area contributed by atoms with Gasteiger partial charge in [-0.2, -0.15) is 0 Å². The van der Waals surface area contributed by atoms with Crippen molar-refractivity contribution in [3.63, 3.8) is 0 Å². The number of benzene rings is 2. The number of nitrogens with zero attached hydrogens (tertiary/aromatic N) is 2. The zero-order chi connectivity index (χ0) is 23.5. The molecule has 1 saturated heterocycles. The molecule has 0 radical (unpaired) electrons. The molecule has 9 heteroatoms. The molecule has 2 amide bonds. The molecular weight excluding hydrogens is 438 g/mol. The smallest absolute Gasteiger partial charge is 0.292 e. The van der Waals surface area contributed by atoms with Gasteiger partial charge in [0.2, 0.25) is 5.91 Å². The van der Waals surface area contributed by atoms with Crippen LogP contribution in [0, 0.1) is 0 Å². The van der Waals surface area contributed by atoms with Crippen LogP contribution in [0.5, 0.6) is 11.5 Å². The number of ketones is 1. The average molecular weight is 463 g/mol. The first-order chi connectivity index (χ1) is 16.6. The second-order valence-corrected chi connectivity index (χ2v) is 8.22. The summed E-state index contributed by atoms with van der Waals surface area (Å²) in [6.07, 6.45) is 1.18. The first-order valence-corrected chi connectivity index (χ1v) is 11.2. The highest BCUT2D eigenvalue weighted by atomic mass is 16.6. The third kappa shape index (κ3) is 4.47. The first kappa shape index (κ1) is 22.0. The summed E-state index contributed by atoms with van der Waals surface area (Å²) >= 11 is 0. The molecule has 3 aromatic rings. The van der Waals surface area contributed by atoms with Crippen molar-refractivity contribution in [2.75, 3.05) is 39.5 Å². The van der Waals surface area contributed by atoms with Crippen LogP contribution in [-0.4, -0.2) is 72.6 Å². The predicted octanol–water partition coefficient (Wildman–Crippen LogP) is 1.64. The van der Waals surface area contributed by atoms with Gasteiger partial charge in [0.05, 0.1) is 25.3 Å². The van der Waals surface area contributed by atoms with Gasteiger partial charge >= 0.3 is 0 Å². The second kappa shape index (κ2) is 9.56. The number of amides is 2. The lowest BCUT2D eigenvalue weighted by Crippen LogP contribution is -2.43. The van der Waals surface area contributed by atoms with Crippen LogP contribution in [0.15, 0.2) is 54.7 Å². The van der Waals surface area contributed by atoms with Gasteiger partial charge in [0, 0.05) is 30.2 Å². The quantitative estimate of drug-likeness (QED) is 0.441. The number of fused-ring (bicyclic) bond motifs is 2. The molecule has 1 unspecified atom stereocenters. The van der Waals surface area contributed by atoms with E-state index in [1.807, 2.05) is 30.3 Å². The van der Waals surface area contributed by atoms with Crippen molar-refractivity contribution in [2.24, 2.45) is 0 Å². The number of aromatic nitrogens is 1. The molecule has 1 N–H and O–H groups in total. The van der Waals surface area contributed by atoms with E-state index in [1.54, 1.807) is 33.9 Å². The summed E-state index contributed by atoms with van der Waals surface area (Å²) in [4.78, 5) is 40.2. The first-order valence-electron chi connectivity index (χ1n) is 11.2. The van der Waals surface area contributed by atoms with Crippen LogP contribution in [0.3, 0.4) is 0 Å². The summed E-state index contributed by atoms with van der Waals surface area (Å²) in [5.41, 5.74) is 0.981. The van der Waals surface area contributed by atoms with Crippen molar-refractivity contribution in [1.82, 2.24) is 14.8 Å². The molecule has 0 bridgehead atoms. The number of carbonyl (C=O) groups is 3. The fraction of sp³-hybridized carbons (Fsp3) is 0.320. The van der Waals surface area contributed by atoms with E-state index < -0.39 is 17.8 Å². The van der Waals surface area contributed by atoms with Crippen LogP contribution in [0.2, 0.25) is 0 Å². The fourth-order valence-corrected chi connectivity index (χ4v) is 4.19. The van der Waals surface area contributed by atoms with Gasteiger partial charge in [0.1, 0.15) is 19.3 Å². The van der Waals surface area contributed by atoms with Crippen molar-refractivity contribution < 1.29 is 28.6 Å². The average Bonchev–Trinajstić information content (AvgIpc) is 3.25. The number of nitrogens with one attached hydrogen (secondary N) is 1. The van der Waals surface area contributed by atoms with Gasteiger partial charge in [0.15, 0.2) is 11.5 Å². The van der Waals surface area contributed by atoms with Crippen molar-refractivity contribution in [3.05, 3.63) is 60.3 Å². The maximum Gasteiger partial charge on any atom is 0.292 e. The van der Waals surface area contributed by atoms with Crippen molar-refractivity contribution >= 4 is 28.5 Å². The number of ether oxygens (including phenoxy) is 3. The van der Waals surface area contributed by atoms with Gasteiger partial charge in [-0.15, -0.1) is 0 Å². The standard InChI is InChI=1S/C25H25N3O6/c29-23(27-9-11-32-12-10-27)15-28-14-19(18-5-1-2-6-20(18)28)24(30)25(31)26-13-17-16-33-21-7-3-4-8-22(21)34-17/h1-8,14,17H,9-13,15-16H2,(H,26,31). The summed E-state index contributed by atoms with van der Waals surface area (Å²) < 4.78 is 18.5. The summed E-state index contributed by atoms with van der Waals surface area (Å²) in [6.45, 7) is 2.61. The van der Waals surface area contributed by atoms with E-state index in [-0.39, 0.29) is 31.2 Å². The van der Waals surface area contributed by atoms with Crippen LogP contribution < -0.4 is 14.8 Å². The van der Waals surface area contributed by atoms with Gasteiger partial charge in [-0.05, 0) is 18.2 Å². The van der Waals surface area contributed by atoms with E-state index in [0.717, 1.165) is 5.52 Å². The number of rotatable bonds is 6. The van der Waals surface area contributed by atoms with Crippen molar-refractivity contribution in [3.8, 4) is 11.5 Å². The molecular formula is C25H25N3O6. The monoisotopic (exact) mass is 463 g/mol. The number of Topliss-reactive ketones (excluding diaryl/α,β-unsaturated/α-hetero) is 1. The molecule has 0 aliphatic carbocycles. The van der Waals surface area contributed by atoms with Crippen molar-refractivity contribution in [1.29, 1.82) is 0 Å². The Hall–Kier alpha value is -3.85. The molecule has 1 aromatic heterocycles. The Morgan fingerprint density at radius 3 is 2.53 bits per heavy atom. The van der Waals surface area contributed by atoms with Crippen molar-refractivity contribution in [2.45, 2.75) is 12.6 Å². The van der Waals surface area contributed by atoms with E-state index in [4.69, 9.17) is 14.2 Å². The molecule has 9 nitrogen and oxygen atoms in total. The molecule has 0 spiro atoms. The molecule has 1 fully saturated rings. The van der Waals surface area contributed by atoms with Gasteiger partial charge in [0.25, 0.3) is 11.7 Å². The molecule has 2 aliphatic heterocycles. The predicted molar refractivity (Wildman–Crippen MR) is 123 cm³/mol. The molecule has 3 heterocycles. The summed E-state index contributed by atoms with van der Waals surface area (Å²) in [6, 6.07) is 14.6. The molecule has 0 saturated carbocycles. The lowest BCUT2D eigenvalue weighted by atomic mass is 10.1. The minimum Gasteiger partial charge on any atom is -0.486 e. The number of hydrogen-bond acceptors (Lipinski definition) is 6. The number of hydrogen-bond donors (Lipinski definition) is 1. The van der Waals surface area contributed by atoms with E-state index >= 15 is 0 Å². The number of morpholine rings is 1. The third-order valence-corrected chi connectivity index (χ3v) is 5.97. The van der Waals surface area contributed by atoms with Gasteiger partial charge < -0.3 is 29.0 Å². The zero-order valence-corrected chi connectivity index (χ0v) is 18.6. The lowest BCUT2D eigenvalue weighted by molar-refractivity contribution is -0.135. The molecule has 5 rings (SSSR count). The van der Waals surface area contributed by atoms with Crippen LogP contribution in [0.4, 0.5) is 0 Å². The highest BCUT2D eigenvalue weighted by Gasteiger charge is 2.26. The zero-order valence-electron chi connectivity index (χ0n) is 18.6. The highest BCUT2D eigenvalue weighted by Crippen LogP contribution is 2.30. The lowest BCUT2D eigenvalue weighted by Gasteiger charge is -2.27. The molecule has 1 atom stereocenters.